The Morgan fingerprint density at radius 3 is 2.40 bits per heavy atom. The van der Waals surface area contributed by atoms with Gasteiger partial charge in [-0.15, -0.1) is 6.58 Å². The van der Waals surface area contributed by atoms with E-state index in [-0.39, 0.29) is 5.54 Å². The van der Waals surface area contributed by atoms with Crippen molar-refractivity contribution in [1.82, 2.24) is 4.90 Å². The third kappa shape index (κ3) is 3.96. The third-order valence-electron chi connectivity index (χ3n) is 3.46. The maximum Gasteiger partial charge on any atom is 0.0283 e. The summed E-state index contributed by atoms with van der Waals surface area (Å²) in [6.45, 7) is 10.3. The van der Waals surface area contributed by atoms with Gasteiger partial charge in [-0.25, -0.2) is 0 Å². The second-order valence-electron chi connectivity index (χ2n) is 5.23. The molecule has 0 aromatic heterocycles. The standard InChI is InChI=1S/C13H26N2/c1-4-10-15(12(2)3)11-13(14)8-6-5-7-9-13/h4,12H,1,5-11,14H2,2-3H3. The summed E-state index contributed by atoms with van der Waals surface area (Å²) in [6, 6.07) is 0.561. The van der Waals surface area contributed by atoms with Crippen LogP contribution in [0, 0.1) is 0 Å². The van der Waals surface area contributed by atoms with Gasteiger partial charge >= 0.3 is 0 Å². The predicted molar refractivity (Wildman–Crippen MR) is 66.9 cm³/mol. The largest absolute Gasteiger partial charge is 0.324 e. The number of rotatable bonds is 5. The van der Waals surface area contributed by atoms with Crippen molar-refractivity contribution in [2.75, 3.05) is 13.1 Å². The van der Waals surface area contributed by atoms with Gasteiger partial charge in [0, 0.05) is 24.7 Å². The van der Waals surface area contributed by atoms with E-state index in [2.05, 4.69) is 25.3 Å². The average molecular weight is 210 g/mol. The molecule has 0 atom stereocenters. The Hall–Kier alpha value is -0.340. The van der Waals surface area contributed by atoms with Crippen LogP contribution in [-0.2, 0) is 0 Å². The van der Waals surface area contributed by atoms with E-state index in [1.54, 1.807) is 0 Å². The molecule has 0 spiro atoms. The lowest BCUT2D eigenvalue weighted by Gasteiger charge is -2.39. The normalized spacial score (nSPS) is 20.9. The number of nitrogens with zero attached hydrogens (tertiary/aromatic N) is 1. The maximum absolute atomic E-state index is 6.45. The molecular weight excluding hydrogens is 184 g/mol. The van der Waals surface area contributed by atoms with Gasteiger partial charge in [0.2, 0.25) is 0 Å². The molecule has 0 heterocycles. The molecule has 0 radical (unpaired) electrons. The highest BCUT2D eigenvalue weighted by Crippen LogP contribution is 2.27. The summed E-state index contributed by atoms with van der Waals surface area (Å²) in [7, 11) is 0. The van der Waals surface area contributed by atoms with Crippen LogP contribution in [0.5, 0.6) is 0 Å². The van der Waals surface area contributed by atoms with Crippen molar-refractivity contribution in [1.29, 1.82) is 0 Å². The molecule has 1 aliphatic rings. The fourth-order valence-electron chi connectivity index (χ4n) is 2.44. The van der Waals surface area contributed by atoms with Gasteiger partial charge in [0.05, 0.1) is 0 Å². The van der Waals surface area contributed by atoms with Crippen LogP contribution in [0.1, 0.15) is 46.0 Å². The van der Waals surface area contributed by atoms with E-state index in [9.17, 15) is 0 Å². The van der Waals surface area contributed by atoms with Gasteiger partial charge in [0.1, 0.15) is 0 Å². The summed E-state index contributed by atoms with van der Waals surface area (Å²) in [4.78, 5) is 2.43. The molecule has 0 bridgehead atoms. The van der Waals surface area contributed by atoms with Crippen LogP contribution < -0.4 is 5.73 Å². The van der Waals surface area contributed by atoms with Crippen molar-refractivity contribution in [2.45, 2.75) is 57.5 Å². The summed E-state index contributed by atoms with van der Waals surface area (Å²) < 4.78 is 0. The maximum atomic E-state index is 6.45. The van der Waals surface area contributed by atoms with E-state index in [0.717, 1.165) is 13.1 Å². The molecule has 0 saturated heterocycles. The Morgan fingerprint density at radius 2 is 1.93 bits per heavy atom. The molecule has 2 N–H and O–H groups in total. The van der Waals surface area contributed by atoms with E-state index >= 15 is 0 Å². The number of nitrogens with two attached hydrogens (primary N) is 1. The molecule has 0 aromatic carbocycles. The quantitative estimate of drug-likeness (QED) is 0.707. The van der Waals surface area contributed by atoms with Gasteiger partial charge < -0.3 is 5.73 Å². The van der Waals surface area contributed by atoms with Gasteiger partial charge in [0.25, 0.3) is 0 Å². The molecule has 2 nitrogen and oxygen atoms in total. The zero-order valence-corrected chi connectivity index (χ0v) is 10.3. The summed E-state index contributed by atoms with van der Waals surface area (Å²) in [5.74, 6) is 0. The Kier molecular flexibility index (Phi) is 4.81. The Balaban J connectivity index is 2.51. The van der Waals surface area contributed by atoms with Crippen molar-refractivity contribution in [3.05, 3.63) is 12.7 Å². The van der Waals surface area contributed by atoms with E-state index in [0.29, 0.717) is 6.04 Å². The Bertz CT molecular complexity index is 193. The molecule has 0 aromatic rings. The van der Waals surface area contributed by atoms with Crippen LogP contribution in [0.15, 0.2) is 12.7 Å². The average Bonchev–Trinajstić information content (AvgIpc) is 2.18. The zero-order valence-electron chi connectivity index (χ0n) is 10.3. The highest BCUT2D eigenvalue weighted by molar-refractivity contribution is 4.92. The first-order valence-electron chi connectivity index (χ1n) is 6.21. The molecule has 1 fully saturated rings. The van der Waals surface area contributed by atoms with Gasteiger partial charge in [-0.1, -0.05) is 25.3 Å². The van der Waals surface area contributed by atoms with Crippen LogP contribution in [0.4, 0.5) is 0 Å². The molecular formula is C13H26N2. The summed E-state index contributed by atoms with van der Waals surface area (Å²) in [6.07, 6.45) is 8.32. The lowest BCUT2D eigenvalue weighted by Crippen LogP contribution is -2.53. The van der Waals surface area contributed by atoms with Crippen molar-refractivity contribution < 1.29 is 0 Å². The summed E-state index contributed by atoms with van der Waals surface area (Å²) >= 11 is 0. The van der Waals surface area contributed by atoms with Crippen molar-refractivity contribution >= 4 is 0 Å². The second kappa shape index (κ2) is 5.66. The molecule has 88 valence electrons. The smallest absolute Gasteiger partial charge is 0.0283 e. The molecule has 0 unspecified atom stereocenters. The predicted octanol–water partition coefficient (Wildman–Crippen LogP) is 2.54. The van der Waals surface area contributed by atoms with Crippen molar-refractivity contribution in [3.8, 4) is 0 Å². The lowest BCUT2D eigenvalue weighted by atomic mass is 9.82. The molecule has 2 heteroatoms. The van der Waals surface area contributed by atoms with E-state index in [4.69, 9.17) is 5.73 Å². The topological polar surface area (TPSA) is 29.3 Å². The van der Waals surface area contributed by atoms with E-state index in [1.807, 2.05) is 6.08 Å². The SMILES string of the molecule is C=CCN(CC1(N)CCCCC1)C(C)C. The van der Waals surface area contributed by atoms with Gasteiger partial charge in [-0.2, -0.15) is 0 Å². The highest BCUT2D eigenvalue weighted by Gasteiger charge is 2.29. The second-order valence-corrected chi connectivity index (χ2v) is 5.23. The fraction of sp³-hybridized carbons (Fsp3) is 0.846. The third-order valence-corrected chi connectivity index (χ3v) is 3.46. The van der Waals surface area contributed by atoms with Crippen LogP contribution in [-0.4, -0.2) is 29.6 Å². The highest BCUT2D eigenvalue weighted by atomic mass is 15.2. The van der Waals surface area contributed by atoms with Crippen LogP contribution in [0.25, 0.3) is 0 Å². The zero-order chi connectivity index (χ0) is 11.3. The van der Waals surface area contributed by atoms with Crippen molar-refractivity contribution in [3.63, 3.8) is 0 Å². The van der Waals surface area contributed by atoms with Gasteiger partial charge in [-0.05, 0) is 26.7 Å². The molecule has 15 heavy (non-hydrogen) atoms. The molecule has 1 saturated carbocycles. The van der Waals surface area contributed by atoms with Crippen LogP contribution in [0.3, 0.4) is 0 Å². The van der Waals surface area contributed by atoms with Crippen LogP contribution >= 0.6 is 0 Å². The summed E-state index contributed by atoms with van der Waals surface area (Å²) in [5.41, 5.74) is 6.51. The van der Waals surface area contributed by atoms with E-state index in [1.165, 1.54) is 32.1 Å². The van der Waals surface area contributed by atoms with E-state index < -0.39 is 0 Å². The first kappa shape index (κ1) is 12.7. The number of hydrogen-bond donors (Lipinski definition) is 1. The van der Waals surface area contributed by atoms with Crippen LogP contribution in [0.2, 0.25) is 0 Å². The first-order valence-corrected chi connectivity index (χ1v) is 6.21. The van der Waals surface area contributed by atoms with Crippen molar-refractivity contribution in [2.24, 2.45) is 5.73 Å². The minimum Gasteiger partial charge on any atom is -0.324 e. The van der Waals surface area contributed by atoms with Gasteiger partial charge in [0.15, 0.2) is 0 Å². The number of hydrogen-bond acceptors (Lipinski definition) is 2. The Morgan fingerprint density at radius 1 is 1.33 bits per heavy atom. The lowest BCUT2D eigenvalue weighted by molar-refractivity contribution is 0.156. The molecule has 0 amide bonds. The van der Waals surface area contributed by atoms with Gasteiger partial charge in [-0.3, -0.25) is 4.90 Å². The Labute approximate surface area is 94.5 Å². The minimum atomic E-state index is 0.0610. The molecule has 1 aliphatic carbocycles. The first-order chi connectivity index (χ1) is 7.07. The fourth-order valence-corrected chi connectivity index (χ4v) is 2.44. The molecule has 1 rings (SSSR count). The monoisotopic (exact) mass is 210 g/mol. The summed E-state index contributed by atoms with van der Waals surface area (Å²) in [5, 5.41) is 0. The molecule has 0 aliphatic heterocycles. The minimum absolute atomic E-state index is 0.0610.